The number of nitrogens with one attached hydrogen (secondary N) is 1. The second-order valence-corrected chi connectivity index (χ2v) is 9.31. The molecule has 1 aliphatic rings. The lowest BCUT2D eigenvalue weighted by molar-refractivity contribution is 0.0585. The van der Waals surface area contributed by atoms with E-state index in [0.717, 1.165) is 42.7 Å². The summed E-state index contributed by atoms with van der Waals surface area (Å²) in [5.74, 6) is 0. The van der Waals surface area contributed by atoms with Crippen LogP contribution in [0.15, 0.2) is 54.6 Å². The fraction of sp³-hybridized carbons (Fsp3) is 0.606. The Morgan fingerprint density at radius 1 is 0.784 bits per heavy atom. The van der Waals surface area contributed by atoms with Gasteiger partial charge in [-0.1, -0.05) is 135 Å². The topological polar surface area (TPSA) is 41.6 Å². The van der Waals surface area contributed by atoms with Gasteiger partial charge in [-0.15, -0.1) is 0 Å². The highest BCUT2D eigenvalue weighted by Gasteiger charge is 2.22. The van der Waals surface area contributed by atoms with E-state index < -0.39 is 0 Å². The summed E-state index contributed by atoms with van der Waals surface area (Å²) in [6.45, 7) is 13.5. The molecule has 0 radical (unpaired) electrons. The molecule has 0 aromatic heterocycles. The van der Waals surface area contributed by atoms with Crippen molar-refractivity contribution >= 4 is 11.8 Å². The van der Waals surface area contributed by atoms with E-state index in [0.29, 0.717) is 0 Å². The number of rotatable bonds is 13. The summed E-state index contributed by atoms with van der Waals surface area (Å²) < 4.78 is 5.76. The lowest BCUT2D eigenvalue weighted by Gasteiger charge is -2.31. The van der Waals surface area contributed by atoms with Gasteiger partial charge in [0.05, 0.1) is 5.69 Å². The lowest BCUT2D eigenvalue weighted by Crippen LogP contribution is -2.38. The number of para-hydroxylation sites is 1. The van der Waals surface area contributed by atoms with Gasteiger partial charge >= 0.3 is 6.09 Å². The zero-order valence-corrected chi connectivity index (χ0v) is 24.4. The molecule has 1 amide bonds. The third kappa shape index (κ3) is 13.7. The average molecular weight is 511 g/mol. The zero-order valence-electron chi connectivity index (χ0n) is 24.4. The fourth-order valence-electron chi connectivity index (χ4n) is 4.65. The molecule has 1 aliphatic heterocycles. The molecule has 0 saturated carbocycles. The van der Waals surface area contributed by atoms with Crippen LogP contribution in [0.25, 0.3) is 11.1 Å². The van der Waals surface area contributed by atoms with Crippen molar-refractivity contribution in [2.75, 3.05) is 25.0 Å². The highest BCUT2D eigenvalue weighted by Crippen LogP contribution is 2.28. The van der Waals surface area contributed by atoms with Crippen LogP contribution >= 0.6 is 0 Å². The molecule has 1 N–H and O–H groups in total. The molecule has 1 heterocycles. The Balaban J connectivity index is 0.00000163. The van der Waals surface area contributed by atoms with Gasteiger partial charge in [0.1, 0.15) is 6.10 Å². The maximum absolute atomic E-state index is 12.6. The number of carbonyl (C=O) groups excluding carboxylic acids is 1. The number of piperidine rings is 1. The molecule has 2 aromatic rings. The Bertz CT molecular complexity index is 801. The number of likely N-dealkylation sites (tertiary alicyclic amines) is 1. The normalized spacial score (nSPS) is 13.5. The van der Waals surface area contributed by atoms with Crippen molar-refractivity contribution in [2.24, 2.45) is 0 Å². The SMILES string of the molecule is CC.CC.CCCCCCCCCCCN1CCC(OC(=O)Nc2ccccc2-c2ccccc2)CC1. The highest BCUT2D eigenvalue weighted by atomic mass is 16.6. The van der Waals surface area contributed by atoms with E-state index in [4.69, 9.17) is 4.74 Å². The van der Waals surface area contributed by atoms with E-state index in [1.807, 2.05) is 70.2 Å². The first kappa shape index (κ1) is 32.7. The van der Waals surface area contributed by atoms with Crippen LogP contribution in [0, 0.1) is 0 Å². The van der Waals surface area contributed by atoms with Crippen molar-refractivity contribution < 1.29 is 9.53 Å². The third-order valence-electron chi connectivity index (χ3n) is 6.63. The van der Waals surface area contributed by atoms with Gasteiger partial charge in [0, 0.05) is 18.7 Å². The fourth-order valence-corrected chi connectivity index (χ4v) is 4.65. The second kappa shape index (κ2) is 21.7. The van der Waals surface area contributed by atoms with E-state index in [9.17, 15) is 4.79 Å². The van der Waals surface area contributed by atoms with Crippen molar-refractivity contribution in [1.82, 2.24) is 4.90 Å². The van der Waals surface area contributed by atoms with Crippen molar-refractivity contribution in [3.05, 3.63) is 54.6 Å². The minimum absolute atomic E-state index is 0.00765. The maximum Gasteiger partial charge on any atom is 0.411 e. The number of nitrogens with zero attached hydrogens (tertiary/aromatic N) is 1. The van der Waals surface area contributed by atoms with Crippen molar-refractivity contribution in [3.8, 4) is 11.1 Å². The number of carbonyl (C=O) groups is 1. The van der Waals surface area contributed by atoms with Crippen LogP contribution < -0.4 is 5.32 Å². The van der Waals surface area contributed by atoms with Crippen LogP contribution in [0.1, 0.15) is 105 Å². The maximum atomic E-state index is 12.6. The predicted molar refractivity (Wildman–Crippen MR) is 161 cm³/mol. The van der Waals surface area contributed by atoms with E-state index in [2.05, 4.69) is 29.3 Å². The zero-order chi connectivity index (χ0) is 27.1. The van der Waals surface area contributed by atoms with E-state index in [1.165, 1.54) is 64.3 Å². The first-order valence-electron chi connectivity index (χ1n) is 15.1. The monoisotopic (exact) mass is 510 g/mol. The Labute approximate surface area is 228 Å². The van der Waals surface area contributed by atoms with Gasteiger partial charge in [0.15, 0.2) is 0 Å². The van der Waals surface area contributed by atoms with Crippen LogP contribution in [0.4, 0.5) is 10.5 Å². The number of unbranched alkanes of at least 4 members (excludes halogenated alkanes) is 8. The quantitative estimate of drug-likeness (QED) is 0.273. The molecule has 0 aliphatic carbocycles. The molecule has 1 saturated heterocycles. The molecule has 37 heavy (non-hydrogen) atoms. The summed E-state index contributed by atoms with van der Waals surface area (Å²) in [6, 6.07) is 18.0. The molecule has 4 nitrogen and oxygen atoms in total. The second-order valence-electron chi connectivity index (χ2n) is 9.31. The number of hydrogen-bond acceptors (Lipinski definition) is 3. The van der Waals surface area contributed by atoms with Crippen LogP contribution in [0.2, 0.25) is 0 Å². The summed E-state index contributed by atoms with van der Waals surface area (Å²) in [4.78, 5) is 15.1. The number of benzene rings is 2. The first-order chi connectivity index (χ1) is 18.3. The van der Waals surface area contributed by atoms with Crippen molar-refractivity contribution in [2.45, 2.75) is 111 Å². The molecular weight excluding hydrogens is 456 g/mol. The number of hydrogen-bond donors (Lipinski definition) is 1. The number of amides is 1. The number of anilines is 1. The molecule has 0 atom stereocenters. The third-order valence-corrected chi connectivity index (χ3v) is 6.63. The van der Waals surface area contributed by atoms with Crippen LogP contribution in [-0.2, 0) is 4.74 Å². The Morgan fingerprint density at radius 2 is 1.32 bits per heavy atom. The Kier molecular flexibility index (Phi) is 19.2. The molecular formula is C33H54N2O2. The minimum Gasteiger partial charge on any atom is -0.446 e. The lowest BCUT2D eigenvalue weighted by atomic mass is 10.0. The summed E-state index contributed by atoms with van der Waals surface area (Å²) in [5.41, 5.74) is 2.88. The average Bonchev–Trinajstić information content (AvgIpc) is 2.96. The molecule has 0 bridgehead atoms. The summed E-state index contributed by atoms with van der Waals surface area (Å²) in [7, 11) is 0. The van der Waals surface area contributed by atoms with E-state index in [1.54, 1.807) is 0 Å². The van der Waals surface area contributed by atoms with Crippen molar-refractivity contribution in [1.29, 1.82) is 0 Å². The molecule has 1 fully saturated rings. The van der Waals surface area contributed by atoms with Gasteiger partial charge in [-0.05, 0) is 37.4 Å². The van der Waals surface area contributed by atoms with Crippen LogP contribution in [0.3, 0.4) is 0 Å². The summed E-state index contributed by atoms with van der Waals surface area (Å²) >= 11 is 0. The standard InChI is InChI=1S/C29H42N2O2.2C2H6/c1-2-3-4-5-6-7-8-9-15-22-31-23-20-26(21-24-31)33-29(32)30-28-19-14-13-18-27(28)25-16-11-10-12-17-25;2*1-2/h10-14,16-19,26H,2-9,15,20-24H2,1H3,(H,30,32);2*1-2H3. The molecule has 0 spiro atoms. The summed E-state index contributed by atoms with van der Waals surface area (Å²) in [5, 5.41) is 2.96. The van der Waals surface area contributed by atoms with E-state index >= 15 is 0 Å². The largest absolute Gasteiger partial charge is 0.446 e. The minimum atomic E-state index is -0.351. The van der Waals surface area contributed by atoms with Gasteiger partial charge in [0.25, 0.3) is 0 Å². The molecule has 2 aromatic carbocycles. The van der Waals surface area contributed by atoms with Gasteiger partial charge in [0.2, 0.25) is 0 Å². The molecule has 0 unspecified atom stereocenters. The number of ether oxygens (including phenoxy) is 1. The van der Waals surface area contributed by atoms with Gasteiger partial charge < -0.3 is 9.64 Å². The molecule has 4 heteroatoms. The molecule has 3 rings (SSSR count). The summed E-state index contributed by atoms with van der Waals surface area (Å²) in [6.07, 6.45) is 13.8. The first-order valence-corrected chi connectivity index (χ1v) is 15.1. The Hall–Kier alpha value is -2.33. The highest BCUT2D eigenvalue weighted by molar-refractivity contribution is 5.91. The van der Waals surface area contributed by atoms with Crippen LogP contribution in [-0.4, -0.2) is 36.7 Å². The van der Waals surface area contributed by atoms with E-state index in [-0.39, 0.29) is 12.2 Å². The predicted octanol–water partition coefficient (Wildman–Crippen LogP) is 9.95. The van der Waals surface area contributed by atoms with Crippen molar-refractivity contribution in [3.63, 3.8) is 0 Å². The van der Waals surface area contributed by atoms with Gasteiger partial charge in [-0.2, -0.15) is 0 Å². The smallest absolute Gasteiger partial charge is 0.411 e. The Morgan fingerprint density at radius 3 is 1.95 bits per heavy atom. The molecule has 208 valence electrons. The van der Waals surface area contributed by atoms with Gasteiger partial charge in [-0.3, -0.25) is 5.32 Å². The van der Waals surface area contributed by atoms with Crippen LogP contribution in [0.5, 0.6) is 0 Å². The van der Waals surface area contributed by atoms with Gasteiger partial charge in [-0.25, -0.2) is 4.79 Å².